The van der Waals surface area contributed by atoms with E-state index in [0.717, 1.165) is 5.56 Å². The molecular formula is C10H7N3. The fraction of sp³-hybridized carbons (Fsp3) is 0. The third kappa shape index (κ3) is 1.94. The topological polar surface area (TPSA) is 41.6 Å². The zero-order chi connectivity index (χ0) is 8.93. The number of hydrogen-bond acceptors (Lipinski definition) is 2. The molecule has 0 fully saturated rings. The van der Waals surface area contributed by atoms with Gasteiger partial charge in [0.1, 0.15) is 6.33 Å². The van der Waals surface area contributed by atoms with Crippen LogP contribution in [0.3, 0.4) is 0 Å². The highest BCUT2D eigenvalue weighted by atomic mass is 15.2. The van der Waals surface area contributed by atoms with E-state index < -0.39 is 0 Å². The van der Waals surface area contributed by atoms with Crippen LogP contribution in [0.15, 0.2) is 36.7 Å². The first-order valence-corrected chi connectivity index (χ1v) is 3.88. The van der Waals surface area contributed by atoms with Crippen LogP contribution in [0.2, 0.25) is 0 Å². The molecule has 1 aromatic carbocycles. The number of hydrogen-bond donors (Lipinski definition) is 1. The van der Waals surface area contributed by atoms with Crippen LogP contribution in [0.4, 0.5) is 0 Å². The summed E-state index contributed by atoms with van der Waals surface area (Å²) in [5, 5.41) is 6.42. The molecule has 2 aromatic rings. The van der Waals surface area contributed by atoms with Gasteiger partial charge in [-0.05, 0) is 18.1 Å². The number of aromatic amines is 1. The maximum absolute atomic E-state index is 3.89. The van der Waals surface area contributed by atoms with Gasteiger partial charge in [-0.3, -0.25) is 5.10 Å². The maximum Gasteiger partial charge on any atom is 0.225 e. The summed E-state index contributed by atoms with van der Waals surface area (Å²) in [6.45, 7) is 0. The van der Waals surface area contributed by atoms with Gasteiger partial charge in [-0.25, -0.2) is 4.98 Å². The Labute approximate surface area is 75.8 Å². The highest BCUT2D eigenvalue weighted by molar-refractivity contribution is 5.37. The van der Waals surface area contributed by atoms with Gasteiger partial charge in [0.05, 0.1) is 0 Å². The highest BCUT2D eigenvalue weighted by Gasteiger charge is 1.87. The molecule has 3 heteroatoms. The summed E-state index contributed by atoms with van der Waals surface area (Å²) >= 11 is 0. The molecule has 0 amide bonds. The van der Waals surface area contributed by atoms with E-state index in [-0.39, 0.29) is 0 Å². The predicted octanol–water partition coefficient (Wildman–Crippen LogP) is 1.20. The Balaban J connectivity index is 2.23. The summed E-state index contributed by atoms with van der Waals surface area (Å²) in [6.07, 6.45) is 1.51. The molecule has 0 bridgehead atoms. The van der Waals surface area contributed by atoms with E-state index in [1.54, 1.807) is 0 Å². The zero-order valence-electron chi connectivity index (χ0n) is 6.86. The van der Waals surface area contributed by atoms with Crippen LogP contribution in [0.25, 0.3) is 0 Å². The molecule has 0 unspecified atom stereocenters. The number of aromatic nitrogens is 3. The molecule has 0 aliphatic carbocycles. The van der Waals surface area contributed by atoms with Crippen molar-refractivity contribution in [2.24, 2.45) is 0 Å². The van der Waals surface area contributed by atoms with Crippen molar-refractivity contribution in [1.29, 1.82) is 0 Å². The van der Waals surface area contributed by atoms with Gasteiger partial charge >= 0.3 is 0 Å². The highest BCUT2D eigenvalue weighted by Crippen LogP contribution is 1.95. The van der Waals surface area contributed by atoms with E-state index >= 15 is 0 Å². The molecular weight excluding hydrogens is 162 g/mol. The second kappa shape index (κ2) is 3.55. The van der Waals surface area contributed by atoms with Gasteiger partial charge in [-0.2, -0.15) is 0 Å². The SMILES string of the molecule is C(#Cc1nc[nH]n1)c1ccccc1. The van der Waals surface area contributed by atoms with Crippen molar-refractivity contribution in [3.63, 3.8) is 0 Å². The van der Waals surface area contributed by atoms with Gasteiger partial charge in [-0.15, -0.1) is 5.10 Å². The minimum Gasteiger partial charge on any atom is -0.265 e. The van der Waals surface area contributed by atoms with Crippen molar-refractivity contribution in [1.82, 2.24) is 15.2 Å². The minimum absolute atomic E-state index is 0.517. The number of rotatable bonds is 0. The van der Waals surface area contributed by atoms with Gasteiger partial charge in [0.15, 0.2) is 0 Å². The van der Waals surface area contributed by atoms with Gasteiger partial charge in [-0.1, -0.05) is 24.1 Å². The van der Waals surface area contributed by atoms with Crippen molar-refractivity contribution in [3.8, 4) is 11.8 Å². The lowest BCUT2D eigenvalue weighted by molar-refractivity contribution is 1.08. The lowest BCUT2D eigenvalue weighted by Crippen LogP contribution is -1.77. The zero-order valence-corrected chi connectivity index (χ0v) is 6.86. The van der Waals surface area contributed by atoms with Gasteiger partial charge in [0.25, 0.3) is 0 Å². The molecule has 1 heterocycles. The fourth-order valence-corrected chi connectivity index (χ4v) is 0.919. The molecule has 1 aromatic heterocycles. The molecule has 0 aliphatic heterocycles. The Morgan fingerprint density at radius 3 is 2.62 bits per heavy atom. The first-order chi connectivity index (χ1) is 6.45. The molecule has 0 radical (unpaired) electrons. The van der Waals surface area contributed by atoms with Crippen molar-refractivity contribution in [2.75, 3.05) is 0 Å². The van der Waals surface area contributed by atoms with Crippen LogP contribution >= 0.6 is 0 Å². The Bertz CT molecular complexity index is 420. The second-order valence-corrected chi connectivity index (χ2v) is 2.44. The Morgan fingerprint density at radius 2 is 1.92 bits per heavy atom. The minimum atomic E-state index is 0.517. The molecule has 62 valence electrons. The van der Waals surface area contributed by atoms with E-state index in [0.29, 0.717) is 5.82 Å². The summed E-state index contributed by atoms with van der Waals surface area (Å²) in [4.78, 5) is 3.89. The normalized spacial score (nSPS) is 8.92. The molecule has 3 nitrogen and oxygen atoms in total. The van der Waals surface area contributed by atoms with Gasteiger partial charge in [0.2, 0.25) is 5.82 Å². The second-order valence-electron chi connectivity index (χ2n) is 2.44. The standard InChI is InChI=1S/C10H7N3/c1-2-4-9(5-3-1)6-7-10-11-8-12-13-10/h1-5,8H,(H,11,12,13). The van der Waals surface area contributed by atoms with E-state index in [9.17, 15) is 0 Å². The lowest BCUT2D eigenvalue weighted by Gasteiger charge is -1.84. The first kappa shape index (κ1) is 7.56. The first-order valence-electron chi connectivity index (χ1n) is 3.88. The molecule has 0 atom stereocenters. The summed E-state index contributed by atoms with van der Waals surface area (Å²) in [5.41, 5.74) is 0.965. The molecule has 0 saturated heterocycles. The molecule has 13 heavy (non-hydrogen) atoms. The predicted molar refractivity (Wildman–Crippen MR) is 48.8 cm³/mol. The summed E-state index contributed by atoms with van der Waals surface area (Å²) < 4.78 is 0. The van der Waals surface area contributed by atoms with Crippen molar-refractivity contribution in [2.45, 2.75) is 0 Å². The summed E-state index contributed by atoms with van der Waals surface area (Å²) in [6, 6.07) is 9.74. The molecule has 0 aliphatic rings. The quantitative estimate of drug-likeness (QED) is 0.602. The van der Waals surface area contributed by atoms with E-state index in [1.807, 2.05) is 30.3 Å². The van der Waals surface area contributed by atoms with E-state index in [2.05, 4.69) is 27.0 Å². The largest absolute Gasteiger partial charge is 0.265 e. The number of nitrogens with one attached hydrogen (secondary N) is 1. The van der Waals surface area contributed by atoms with Crippen molar-refractivity contribution >= 4 is 0 Å². The lowest BCUT2D eigenvalue weighted by atomic mass is 10.2. The van der Waals surface area contributed by atoms with Crippen LogP contribution in [0.5, 0.6) is 0 Å². The molecule has 2 rings (SSSR count). The van der Waals surface area contributed by atoms with Crippen LogP contribution in [-0.2, 0) is 0 Å². The Kier molecular flexibility index (Phi) is 2.06. The van der Waals surface area contributed by atoms with Gasteiger partial charge < -0.3 is 0 Å². The van der Waals surface area contributed by atoms with Gasteiger partial charge in [0, 0.05) is 5.56 Å². The fourth-order valence-electron chi connectivity index (χ4n) is 0.919. The van der Waals surface area contributed by atoms with Crippen LogP contribution < -0.4 is 0 Å². The average molecular weight is 169 g/mol. The summed E-state index contributed by atoms with van der Waals surface area (Å²) in [7, 11) is 0. The Morgan fingerprint density at radius 1 is 1.08 bits per heavy atom. The van der Waals surface area contributed by atoms with Crippen LogP contribution in [0, 0.1) is 11.8 Å². The smallest absolute Gasteiger partial charge is 0.225 e. The molecule has 0 saturated carbocycles. The van der Waals surface area contributed by atoms with E-state index in [4.69, 9.17) is 0 Å². The van der Waals surface area contributed by atoms with E-state index in [1.165, 1.54) is 6.33 Å². The average Bonchev–Trinajstić information content (AvgIpc) is 2.69. The third-order valence-electron chi connectivity index (χ3n) is 1.51. The third-order valence-corrected chi connectivity index (χ3v) is 1.51. The van der Waals surface area contributed by atoms with Crippen molar-refractivity contribution < 1.29 is 0 Å². The van der Waals surface area contributed by atoms with Crippen molar-refractivity contribution in [3.05, 3.63) is 48.0 Å². The number of benzene rings is 1. The monoisotopic (exact) mass is 169 g/mol. The molecule has 0 spiro atoms. The molecule has 1 N–H and O–H groups in total. The maximum atomic E-state index is 3.89. The van der Waals surface area contributed by atoms with Crippen LogP contribution in [-0.4, -0.2) is 15.2 Å². The number of H-pyrrole nitrogens is 1. The Hall–Kier alpha value is -2.08. The van der Waals surface area contributed by atoms with Crippen LogP contribution in [0.1, 0.15) is 11.4 Å². The summed E-state index contributed by atoms with van der Waals surface area (Å²) in [5.74, 6) is 6.31. The number of nitrogens with zero attached hydrogens (tertiary/aromatic N) is 2.